The van der Waals surface area contributed by atoms with Gasteiger partial charge in [-0.05, 0) is 37.4 Å². The molecular formula is C20H27N3. The van der Waals surface area contributed by atoms with E-state index in [0.29, 0.717) is 0 Å². The molecule has 0 N–H and O–H groups in total. The number of aryl methyl sites for hydroxylation is 2. The van der Waals surface area contributed by atoms with Gasteiger partial charge < -0.3 is 9.47 Å². The molecule has 3 nitrogen and oxygen atoms in total. The first-order valence-corrected chi connectivity index (χ1v) is 8.83. The molecule has 0 unspecified atom stereocenters. The van der Waals surface area contributed by atoms with Crippen molar-refractivity contribution in [1.29, 1.82) is 0 Å². The smallest absolute Gasteiger partial charge is 0.140 e. The van der Waals surface area contributed by atoms with E-state index in [2.05, 4.69) is 52.0 Å². The molecule has 3 heterocycles. The van der Waals surface area contributed by atoms with Crippen LogP contribution in [0, 0.1) is 0 Å². The fraction of sp³-hybridized carbons (Fsp3) is 0.450. The Bertz CT molecular complexity index is 686. The van der Waals surface area contributed by atoms with Gasteiger partial charge in [-0.15, -0.1) is 0 Å². The summed E-state index contributed by atoms with van der Waals surface area (Å²) in [4.78, 5) is 7.10. The lowest BCUT2D eigenvalue weighted by Gasteiger charge is -2.26. The van der Waals surface area contributed by atoms with Crippen LogP contribution in [-0.2, 0) is 13.0 Å². The molecule has 1 saturated heterocycles. The number of piperidine rings is 1. The zero-order valence-electron chi connectivity index (χ0n) is 14.5. The topological polar surface area (TPSA) is 21.1 Å². The van der Waals surface area contributed by atoms with Gasteiger partial charge >= 0.3 is 0 Å². The van der Waals surface area contributed by atoms with Crippen LogP contribution in [0.3, 0.4) is 0 Å². The third-order valence-corrected chi connectivity index (χ3v) is 4.79. The summed E-state index contributed by atoms with van der Waals surface area (Å²) in [7, 11) is 2.21. The quantitative estimate of drug-likeness (QED) is 0.733. The number of fused-ring (bicyclic) bond motifs is 2. The maximum Gasteiger partial charge on any atom is 0.140 e. The van der Waals surface area contributed by atoms with Crippen LogP contribution in [-0.4, -0.2) is 34.6 Å². The third-order valence-electron chi connectivity index (χ3n) is 4.79. The van der Waals surface area contributed by atoms with Crippen molar-refractivity contribution in [2.75, 3.05) is 20.1 Å². The fourth-order valence-electron chi connectivity index (χ4n) is 3.55. The average molecular weight is 309 g/mol. The van der Waals surface area contributed by atoms with E-state index < -0.39 is 0 Å². The molecule has 0 bridgehead atoms. The highest BCUT2D eigenvalue weighted by Gasteiger charge is 2.23. The summed E-state index contributed by atoms with van der Waals surface area (Å²) in [5, 5.41) is 0. The summed E-state index contributed by atoms with van der Waals surface area (Å²) >= 11 is 0. The molecular weight excluding hydrogens is 282 g/mol. The van der Waals surface area contributed by atoms with E-state index in [-0.39, 0.29) is 0 Å². The van der Waals surface area contributed by atoms with Gasteiger partial charge in [-0.25, -0.2) is 4.98 Å². The normalized spacial score (nSPS) is 17.7. The van der Waals surface area contributed by atoms with Crippen LogP contribution in [0.2, 0.25) is 0 Å². The molecule has 2 aromatic rings. The Balaban J connectivity index is 0.000000753. The van der Waals surface area contributed by atoms with Crippen LogP contribution < -0.4 is 0 Å². The Kier molecular flexibility index (Phi) is 4.97. The Morgan fingerprint density at radius 2 is 1.70 bits per heavy atom. The number of likely N-dealkylation sites (tertiary alicyclic amines) is 1. The van der Waals surface area contributed by atoms with Crippen molar-refractivity contribution in [3.05, 3.63) is 59.2 Å². The SMILES string of the molecule is CC.CN1CCC(=C2c3ccccc3CCn3ccnc32)CC1. The molecule has 2 aliphatic heterocycles. The standard InChI is InChI=1S/C18H21N3.C2H6/c1-20-10-6-15(7-11-20)17-16-5-3-2-4-14(16)8-12-21-13-9-19-18(17)21;1-2/h2-5,9,13H,6-8,10-12H2,1H3;1-2H3. The molecule has 23 heavy (non-hydrogen) atoms. The highest BCUT2D eigenvalue weighted by atomic mass is 15.1. The monoisotopic (exact) mass is 309 g/mol. The van der Waals surface area contributed by atoms with Crippen molar-refractivity contribution < 1.29 is 0 Å². The lowest BCUT2D eigenvalue weighted by Crippen LogP contribution is -2.27. The van der Waals surface area contributed by atoms with Gasteiger partial charge in [-0.1, -0.05) is 43.7 Å². The second-order valence-electron chi connectivity index (χ2n) is 6.13. The van der Waals surface area contributed by atoms with Crippen LogP contribution in [0.4, 0.5) is 0 Å². The first-order valence-electron chi connectivity index (χ1n) is 8.83. The number of hydrogen-bond acceptors (Lipinski definition) is 2. The van der Waals surface area contributed by atoms with Gasteiger partial charge in [0.05, 0.1) is 0 Å². The van der Waals surface area contributed by atoms with Crippen molar-refractivity contribution >= 4 is 5.57 Å². The molecule has 0 spiro atoms. The maximum absolute atomic E-state index is 4.68. The van der Waals surface area contributed by atoms with Crippen LogP contribution in [0.5, 0.6) is 0 Å². The summed E-state index contributed by atoms with van der Waals surface area (Å²) in [6.45, 7) is 7.34. The van der Waals surface area contributed by atoms with Gasteiger partial charge in [0.25, 0.3) is 0 Å². The zero-order valence-corrected chi connectivity index (χ0v) is 14.5. The fourth-order valence-corrected chi connectivity index (χ4v) is 3.55. The van der Waals surface area contributed by atoms with E-state index in [4.69, 9.17) is 0 Å². The highest BCUT2D eigenvalue weighted by Crippen LogP contribution is 2.35. The van der Waals surface area contributed by atoms with Gasteiger partial charge in [0.1, 0.15) is 5.82 Å². The molecule has 0 amide bonds. The summed E-state index contributed by atoms with van der Waals surface area (Å²) in [6.07, 6.45) is 7.48. The molecule has 1 aromatic carbocycles. The van der Waals surface area contributed by atoms with Gasteiger partial charge in [0.15, 0.2) is 0 Å². The number of imidazole rings is 1. The first kappa shape index (κ1) is 16.0. The van der Waals surface area contributed by atoms with Crippen LogP contribution in [0.25, 0.3) is 5.57 Å². The van der Waals surface area contributed by atoms with E-state index in [0.717, 1.165) is 38.9 Å². The molecule has 0 atom stereocenters. The molecule has 0 saturated carbocycles. The Morgan fingerprint density at radius 3 is 2.48 bits per heavy atom. The van der Waals surface area contributed by atoms with Gasteiger partial charge in [-0.3, -0.25) is 0 Å². The summed E-state index contributed by atoms with van der Waals surface area (Å²) in [6, 6.07) is 8.87. The Morgan fingerprint density at radius 1 is 0.957 bits per heavy atom. The van der Waals surface area contributed by atoms with E-state index in [1.54, 1.807) is 5.57 Å². The lowest BCUT2D eigenvalue weighted by molar-refractivity contribution is 0.313. The third kappa shape index (κ3) is 3.11. The number of nitrogens with zero attached hydrogens (tertiary/aromatic N) is 3. The second-order valence-corrected chi connectivity index (χ2v) is 6.13. The van der Waals surface area contributed by atoms with Crippen LogP contribution in [0.1, 0.15) is 43.6 Å². The summed E-state index contributed by atoms with van der Waals surface area (Å²) < 4.78 is 2.32. The Labute approximate surface area is 139 Å². The van der Waals surface area contributed by atoms with E-state index in [1.165, 1.54) is 22.5 Å². The lowest BCUT2D eigenvalue weighted by atomic mass is 9.90. The van der Waals surface area contributed by atoms with Crippen LogP contribution >= 0.6 is 0 Å². The molecule has 122 valence electrons. The van der Waals surface area contributed by atoms with Crippen molar-refractivity contribution in [2.45, 2.75) is 39.7 Å². The van der Waals surface area contributed by atoms with Crippen LogP contribution in [0.15, 0.2) is 42.2 Å². The first-order chi connectivity index (χ1) is 11.3. The Hall–Kier alpha value is -1.87. The molecule has 4 rings (SSSR count). The molecule has 0 aliphatic carbocycles. The summed E-state index contributed by atoms with van der Waals surface area (Å²) in [5.74, 6) is 1.17. The number of aromatic nitrogens is 2. The van der Waals surface area contributed by atoms with Gasteiger partial charge in [-0.2, -0.15) is 0 Å². The van der Waals surface area contributed by atoms with E-state index in [1.807, 2.05) is 20.0 Å². The maximum atomic E-state index is 4.68. The van der Waals surface area contributed by atoms with Crippen molar-refractivity contribution in [3.63, 3.8) is 0 Å². The largest absolute Gasteiger partial charge is 0.331 e. The minimum atomic E-state index is 1.03. The highest BCUT2D eigenvalue weighted by molar-refractivity contribution is 5.81. The zero-order chi connectivity index (χ0) is 16.2. The predicted molar refractivity (Wildman–Crippen MR) is 96.5 cm³/mol. The predicted octanol–water partition coefficient (Wildman–Crippen LogP) is 3.99. The number of hydrogen-bond donors (Lipinski definition) is 0. The van der Waals surface area contributed by atoms with Crippen molar-refractivity contribution in [2.24, 2.45) is 0 Å². The number of benzene rings is 1. The average Bonchev–Trinajstić information content (AvgIpc) is 3.00. The van der Waals surface area contributed by atoms with Gasteiger partial charge in [0, 0.05) is 37.6 Å². The molecule has 1 aromatic heterocycles. The van der Waals surface area contributed by atoms with Crippen molar-refractivity contribution in [1.82, 2.24) is 14.5 Å². The van der Waals surface area contributed by atoms with Crippen molar-refractivity contribution in [3.8, 4) is 0 Å². The molecule has 3 heteroatoms. The number of rotatable bonds is 0. The molecule has 0 radical (unpaired) electrons. The second kappa shape index (κ2) is 7.14. The summed E-state index contributed by atoms with van der Waals surface area (Å²) in [5.41, 5.74) is 5.85. The molecule has 1 fully saturated rings. The molecule has 2 aliphatic rings. The minimum absolute atomic E-state index is 1.03. The van der Waals surface area contributed by atoms with Gasteiger partial charge in [0.2, 0.25) is 0 Å². The minimum Gasteiger partial charge on any atom is -0.331 e. The van der Waals surface area contributed by atoms with E-state index >= 15 is 0 Å². The van der Waals surface area contributed by atoms with E-state index in [9.17, 15) is 0 Å².